The first-order chi connectivity index (χ1) is 12.1. The first kappa shape index (κ1) is 14.7. The second-order valence-electron chi connectivity index (χ2n) is 5.35. The Labute approximate surface area is 141 Å². The maximum absolute atomic E-state index is 11.1. The molecule has 0 unspecified atom stereocenters. The Morgan fingerprint density at radius 3 is 2.64 bits per heavy atom. The van der Waals surface area contributed by atoms with Crippen molar-refractivity contribution in [1.82, 2.24) is 15.0 Å². The molecular formula is C18H10N4O3. The third-order valence-corrected chi connectivity index (χ3v) is 3.76. The van der Waals surface area contributed by atoms with Crippen LogP contribution in [0, 0.1) is 11.3 Å². The van der Waals surface area contributed by atoms with Gasteiger partial charge in [-0.1, -0.05) is 0 Å². The number of nitrogens with zero attached hydrogens (tertiary/aromatic N) is 3. The average molecular weight is 330 g/mol. The molecule has 3 heterocycles. The summed E-state index contributed by atoms with van der Waals surface area (Å²) in [4.78, 5) is 22.3. The van der Waals surface area contributed by atoms with Crippen LogP contribution in [0.2, 0.25) is 0 Å². The number of aromatic carboxylic acids is 1. The number of ether oxygens (including phenoxy) is 1. The van der Waals surface area contributed by atoms with Crippen LogP contribution >= 0.6 is 0 Å². The van der Waals surface area contributed by atoms with Gasteiger partial charge in [-0.25, -0.2) is 14.8 Å². The van der Waals surface area contributed by atoms with E-state index in [1.54, 1.807) is 24.3 Å². The molecule has 120 valence electrons. The molecule has 25 heavy (non-hydrogen) atoms. The smallest absolute Gasteiger partial charge is 0.354 e. The molecule has 0 radical (unpaired) electrons. The molecule has 4 rings (SSSR count). The summed E-state index contributed by atoms with van der Waals surface area (Å²) in [6.45, 7) is 0. The predicted molar refractivity (Wildman–Crippen MR) is 89.6 cm³/mol. The minimum absolute atomic E-state index is 0.0199. The quantitative estimate of drug-likeness (QED) is 0.595. The largest absolute Gasteiger partial charge is 0.477 e. The summed E-state index contributed by atoms with van der Waals surface area (Å²) in [5, 5.41) is 19.5. The number of carboxylic acids is 1. The highest BCUT2D eigenvalue weighted by molar-refractivity contribution is 6.09. The number of fused-ring (bicyclic) bond motifs is 3. The minimum atomic E-state index is -1.08. The molecule has 0 bridgehead atoms. The summed E-state index contributed by atoms with van der Waals surface area (Å²) >= 11 is 0. The topological polar surface area (TPSA) is 112 Å². The van der Waals surface area contributed by atoms with Crippen LogP contribution in [0.3, 0.4) is 0 Å². The number of nitrogens with one attached hydrogen (secondary N) is 1. The fourth-order valence-electron chi connectivity index (χ4n) is 2.59. The molecule has 0 atom stereocenters. The zero-order valence-electron chi connectivity index (χ0n) is 12.7. The third-order valence-electron chi connectivity index (χ3n) is 3.76. The van der Waals surface area contributed by atoms with Crippen molar-refractivity contribution in [3.63, 3.8) is 0 Å². The molecule has 7 heteroatoms. The number of carbonyl (C=O) groups is 1. The molecule has 0 aliphatic rings. The van der Waals surface area contributed by atoms with Gasteiger partial charge in [0.1, 0.15) is 17.5 Å². The Kier molecular flexibility index (Phi) is 3.29. The number of rotatable bonds is 3. The first-order valence-corrected chi connectivity index (χ1v) is 7.33. The number of carboxylic acid groups (broad SMARTS) is 1. The van der Waals surface area contributed by atoms with Gasteiger partial charge in [0.25, 0.3) is 0 Å². The van der Waals surface area contributed by atoms with Gasteiger partial charge in [-0.3, -0.25) is 0 Å². The van der Waals surface area contributed by atoms with E-state index in [4.69, 9.17) is 15.1 Å². The Hall–Kier alpha value is -3.92. The summed E-state index contributed by atoms with van der Waals surface area (Å²) in [7, 11) is 0. The van der Waals surface area contributed by atoms with Crippen LogP contribution in [0.15, 0.2) is 48.8 Å². The van der Waals surface area contributed by atoms with Crippen LogP contribution in [0.5, 0.6) is 11.6 Å². The Balaban J connectivity index is 1.77. The summed E-state index contributed by atoms with van der Waals surface area (Å²) in [6, 6.07) is 12.2. The van der Waals surface area contributed by atoms with Crippen LogP contribution in [0.4, 0.5) is 0 Å². The molecule has 0 saturated carbocycles. The van der Waals surface area contributed by atoms with Crippen LogP contribution in [-0.2, 0) is 0 Å². The monoisotopic (exact) mass is 330 g/mol. The van der Waals surface area contributed by atoms with E-state index < -0.39 is 5.97 Å². The van der Waals surface area contributed by atoms with Gasteiger partial charge >= 0.3 is 5.97 Å². The maximum Gasteiger partial charge on any atom is 0.354 e. The SMILES string of the molecule is N#Cc1ccc(Oc2ccc3[nH]c4cnc(C(=O)O)cc4c3c2)nc1. The highest BCUT2D eigenvalue weighted by Gasteiger charge is 2.11. The van der Waals surface area contributed by atoms with E-state index in [9.17, 15) is 4.79 Å². The number of H-pyrrole nitrogens is 1. The van der Waals surface area contributed by atoms with Gasteiger partial charge in [0.15, 0.2) is 0 Å². The lowest BCUT2D eigenvalue weighted by Crippen LogP contribution is -1.98. The highest BCUT2D eigenvalue weighted by atomic mass is 16.5. The molecule has 0 fully saturated rings. The van der Waals surface area contributed by atoms with E-state index in [0.29, 0.717) is 17.2 Å². The highest BCUT2D eigenvalue weighted by Crippen LogP contribution is 2.30. The molecule has 2 N–H and O–H groups in total. The van der Waals surface area contributed by atoms with E-state index >= 15 is 0 Å². The van der Waals surface area contributed by atoms with E-state index in [2.05, 4.69) is 15.0 Å². The summed E-state index contributed by atoms with van der Waals surface area (Å²) in [5.74, 6) is -0.157. The molecule has 0 spiro atoms. The number of hydrogen-bond acceptors (Lipinski definition) is 5. The number of pyridine rings is 2. The van der Waals surface area contributed by atoms with Gasteiger partial charge in [0, 0.05) is 28.6 Å². The molecule has 0 amide bonds. The average Bonchev–Trinajstić information content (AvgIpc) is 2.99. The number of benzene rings is 1. The minimum Gasteiger partial charge on any atom is -0.477 e. The second kappa shape index (κ2) is 5.62. The fourth-order valence-corrected chi connectivity index (χ4v) is 2.59. The Bertz CT molecular complexity index is 1160. The van der Waals surface area contributed by atoms with Crippen LogP contribution in [0.1, 0.15) is 16.1 Å². The fraction of sp³-hybridized carbons (Fsp3) is 0. The van der Waals surface area contributed by atoms with E-state index in [0.717, 1.165) is 21.8 Å². The van der Waals surface area contributed by atoms with Crippen molar-refractivity contribution >= 4 is 27.8 Å². The van der Waals surface area contributed by atoms with Gasteiger partial charge in [0.05, 0.1) is 17.3 Å². The molecule has 0 saturated heterocycles. The Morgan fingerprint density at radius 1 is 1.08 bits per heavy atom. The van der Waals surface area contributed by atoms with Gasteiger partial charge in [-0.15, -0.1) is 0 Å². The van der Waals surface area contributed by atoms with Crippen molar-refractivity contribution in [3.05, 3.63) is 60.0 Å². The van der Waals surface area contributed by atoms with Crippen molar-refractivity contribution in [2.45, 2.75) is 0 Å². The molecule has 3 aromatic heterocycles. The lowest BCUT2D eigenvalue weighted by molar-refractivity contribution is 0.0690. The van der Waals surface area contributed by atoms with Crippen LogP contribution < -0.4 is 4.74 Å². The first-order valence-electron chi connectivity index (χ1n) is 7.33. The lowest BCUT2D eigenvalue weighted by atomic mass is 10.1. The molecule has 4 aromatic rings. The molecular weight excluding hydrogens is 320 g/mol. The van der Waals surface area contributed by atoms with E-state index in [1.807, 2.05) is 12.1 Å². The molecule has 7 nitrogen and oxygen atoms in total. The molecule has 0 aliphatic carbocycles. The van der Waals surface area contributed by atoms with Gasteiger partial charge in [-0.05, 0) is 30.3 Å². The van der Waals surface area contributed by atoms with E-state index in [1.165, 1.54) is 18.5 Å². The number of aromatic nitrogens is 3. The van der Waals surface area contributed by atoms with Crippen molar-refractivity contribution < 1.29 is 14.6 Å². The molecule has 1 aromatic carbocycles. The summed E-state index contributed by atoms with van der Waals surface area (Å²) < 4.78 is 5.72. The Morgan fingerprint density at radius 2 is 1.92 bits per heavy atom. The number of nitriles is 1. The molecule has 0 aliphatic heterocycles. The lowest BCUT2D eigenvalue weighted by Gasteiger charge is -2.04. The normalized spacial score (nSPS) is 10.7. The number of aromatic amines is 1. The van der Waals surface area contributed by atoms with Gasteiger partial charge in [-0.2, -0.15) is 5.26 Å². The summed E-state index contributed by atoms with van der Waals surface area (Å²) in [5.41, 5.74) is 2.02. The van der Waals surface area contributed by atoms with E-state index in [-0.39, 0.29) is 5.69 Å². The zero-order valence-corrected chi connectivity index (χ0v) is 12.7. The van der Waals surface area contributed by atoms with Crippen LogP contribution in [-0.4, -0.2) is 26.0 Å². The van der Waals surface area contributed by atoms with Crippen molar-refractivity contribution in [3.8, 4) is 17.7 Å². The van der Waals surface area contributed by atoms with Crippen molar-refractivity contribution in [2.24, 2.45) is 0 Å². The zero-order chi connectivity index (χ0) is 17.4. The number of hydrogen-bond donors (Lipinski definition) is 2. The van der Waals surface area contributed by atoms with Crippen LogP contribution in [0.25, 0.3) is 21.8 Å². The standard InChI is InChI=1S/C18H10N4O3/c19-7-10-1-4-17(21-8-10)25-11-2-3-14-12(5-11)13-6-15(18(23)24)20-9-16(13)22-14/h1-6,8-9,22H,(H,23,24). The van der Waals surface area contributed by atoms with Gasteiger partial charge < -0.3 is 14.8 Å². The second-order valence-corrected chi connectivity index (χ2v) is 5.35. The van der Waals surface area contributed by atoms with Crippen molar-refractivity contribution in [1.29, 1.82) is 5.26 Å². The maximum atomic E-state index is 11.1. The van der Waals surface area contributed by atoms with Gasteiger partial charge in [0.2, 0.25) is 5.88 Å². The van der Waals surface area contributed by atoms with Crippen molar-refractivity contribution in [2.75, 3.05) is 0 Å². The third kappa shape index (κ3) is 2.62. The summed E-state index contributed by atoms with van der Waals surface area (Å²) in [6.07, 6.45) is 2.94. The predicted octanol–water partition coefficient (Wildman–Crippen LogP) is 3.47.